The van der Waals surface area contributed by atoms with Crippen LogP contribution in [0.4, 0.5) is 21.6 Å². The van der Waals surface area contributed by atoms with Gasteiger partial charge in [-0.2, -0.15) is 0 Å². The first-order chi connectivity index (χ1) is 18.0. The number of hydrogen-bond acceptors (Lipinski definition) is 5. The second kappa shape index (κ2) is 10.4. The largest absolute Gasteiger partial charge is 0.356 e. The lowest BCUT2D eigenvalue weighted by Crippen LogP contribution is -2.46. The van der Waals surface area contributed by atoms with E-state index in [9.17, 15) is 18.8 Å². The molecule has 1 aliphatic rings. The molecule has 1 unspecified atom stereocenters. The molecule has 2 aromatic heterocycles. The summed E-state index contributed by atoms with van der Waals surface area (Å²) in [7, 11) is 0. The highest BCUT2D eigenvalue weighted by atomic mass is 19.1. The first-order valence-electron chi connectivity index (χ1n) is 12.8. The first kappa shape index (κ1) is 27.0. The number of pyridine rings is 1. The zero-order valence-corrected chi connectivity index (χ0v) is 22.4. The summed E-state index contributed by atoms with van der Waals surface area (Å²) >= 11 is 0. The molecule has 2 heterocycles. The van der Waals surface area contributed by atoms with Gasteiger partial charge in [-0.05, 0) is 58.9 Å². The van der Waals surface area contributed by atoms with Crippen LogP contribution in [0, 0.1) is 5.41 Å². The minimum absolute atomic E-state index is 0.0436. The van der Waals surface area contributed by atoms with E-state index < -0.39 is 17.0 Å². The highest BCUT2D eigenvalue weighted by Gasteiger charge is 2.44. The third-order valence-electron chi connectivity index (χ3n) is 6.91. The maximum Gasteiger partial charge on any atom is 0.262 e. The van der Waals surface area contributed by atoms with Crippen molar-refractivity contribution in [1.29, 1.82) is 0 Å². The number of benzene rings is 1. The number of nitrogens with zero attached hydrogens (tertiary/aromatic N) is 2. The van der Waals surface area contributed by atoms with E-state index in [0.717, 1.165) is 5.69 Å². The van der Waals surface area contributed by atoms with Gasteiger partial charge in [0.15, 0.2) is 11.5 Å². The van der Waals surface area contributed by atoms with Crippen molar-refractivity contribution in [3.63, 3.8) is 0 Å². The van der Waals surface area contributed by atoms with Gasteiger partial charge in [-0.15, -0.1) is 0 Å². The topological polar surface area (TPSA) is 107 Å². The molecule has 0 radical (unpaired) electrons. The number of alkyl halides is 1. The number of amides is 2. The van der Waals surface area contributed by atoms with Crippen molar-refractivity contribution < 1.29 is 18.8 Å². The van der Waals surface area contributed by atoms with Crippen LogP contribution in [0.1, 0.15) is 57.1 Å². The van der Waals surface area contributed by atoms with Crippen molar-refractivity contribution in [2.75, 3.05) is 23.7 Å². The molecule has 0 aliphatic heterocycles. The van der Waals surface area contributed by atoms with Gasteiger partial charge >= 0.3 is 0 Å². The lowest BCUT2D eigenvalue weighted by molar-refractivity contribution is -0.141. The summed E-state index contributed by atoms with van der Waals surface area (Å²) in [6.07, 6.45) is 1.98. The number of H-pyrrole nitrogens is 1. The van der Waals surface area contributed by atoms with E-state index in [1.54, 1.807) is 17.0 Å². The number of carbonyl (C=O) groups excluding carboxylic acids is 3. The van der Waals surface area contributed by atoms with Crippen LogP contribution in [0.2, 0.25) is 0 Å². The summed E-state index contributed by atoms with van der Waals surface area (Å²) in [6.45, 7) is 9.20. The van der Waals surface area contributed by atoms with E-state index in [4.69, 9.17) is 0 Å². The zero-order valence-electron chi connectivity index (χ0n) is 22.4. The maximum absolute atomic E-state index is 14.1. The average molecular weight is 520 g/mol. The van der Waals surface area contributed by atoms with E-state index in [0.29, 0.717) is 47.7 Å². The van der Waals surface area contributed by atoms with E-state index in [2.05, 4.69) is 20.6 Å². The van der Waals surface area contributed by atoms with Crippen molar-refractivity contribution in [2.45, 2.75) is 53.1 Å². The molecule has 0 fully saturated rings. The fourth-order valence-corrected chi connectivity index (χ4v) is 4.86. The Kier molecular flexibility index (Phi) is 7.40. The van der Waals surface area contributed by atoms with Crippen LogP contribution in [-0.4, -0.2) is 51.2 Å². The van der Waals surface area contributed by atoms with Crippen LogP contribution in [-0.2, 0) is 16.0 Å². The summed E-state index contributed by atoms with van der Waals surface area (Å²) in [5, 5.41) is 5.89. The van der Waals surface area contributed by atoms with Crippen molar-refractivity contribution in [3.8, 4) is 11.3 Å². The molecule has 8 nitrogen and oxygen atoms in total. The number of aromatic amines is 1. The number of Topliss-reactive ketones (excluding diaryl/α,β-unsaturated/α-hetero) is 1. The van der Waals surface area contributed by atoms with Gasteiger partial charge < -0.3 is 20.5 Å². The highest BCUT2D eigenvalue weighted by molar-refractivity contribution is 6.10. The summed E-state index contributed by atoms with van der Waals surface area (Å²) < 4.78 is 14.1. The molecular weight excluding hydrogens is 485 g/mol. The average Bonchev–Trinajstić information content (AvgIpc) is 3.23. The molecule has 0 saturated carbocycles. The lowest BCUT2D eigenvalue weighted by atomic mass is 9.73. The molecule has 3 N–H and O–H groups in total. The molecule has 38 heavy (non-hydrogen) atoms. The number of anilines is 3. The van der Waals surface area contributed by atoms with Crippen molar-refractivity contribution in [1.82, 2.24) is 14.9 Å². The van der Waals surface area contributed by atoms with Gasteiger partial charge in [-0.25, -0.2) is 9.37 Å². The van der Waals surface area contributed by atoms with Crippen LogP contribution < -0.4 is 10.6 Å². The second-order valence-electron chi connectivity index (χ2n) is 10.4. The molecule has 4 rings (SSSR count). The van der Waals surface area contributed by atoms with Crippen LogP contribution in [0.3, 0.4) is 0 Å². The Morgan fingerprint density at radius 1 is 1.13 bits per heavy atom. The van der Waals surface area contributed by atoms with Gasteiger partial charge in [-0.3, -0.25) is 14.4 Å². The predicted octanol–water partition coefficient (Wildman–Crippen LogP) is 5.51. The highest BCUT2D eigenvalue weighted by Crippen LogP contribution is 2.44. The number of para-hydroxylation sites is 1. The van der Waals surface area contributed by atoms with Crippen LogP contribution >= 0.6 is 0 Å². The molecule has 0 bridgehead atoms. The molecule has 2 amide bonds. The SMILES string of the molecule is CCN(CC)C(=O)C1(C)CC(=O)c2c([nH]c(-c3ccnc(NC(=O)C(C)(C)F)c3)c2Nc2ccccc2)C1. The summed E-state index contributed by atoms with van der Waals surface area (Å²) in [5.41, 5.74) is 0.879. The van der Waals surface area contributed by atoms with Gasteiger partial charge in [0.25, 0.3) is 5.91 Å². The van der Waals surface area contributed by atoms with Crippen LogP contribution in [0.5, 0.6) is 0 Å². The van der Waals surface area contributed by atoms with Crippen molar-refractivity contribution >= 4 is 34.8 Å². The Hall–Kier alpha value is -4.01. The normalized spacial score (nSPS) is 17.1. The number of carbonyl (C=O) groups is 3. The quantitative estimate of drug-likeness (QED) is 0.364. The van der Waals surface area contributed by atoms with Crippen molar-refractivity contribution in [2.24, 2.45) is 5.41 Å². The molecule has 200 valence electrons. The molecule has 1 atom stereocenters. The van der Waals surface area contributed by atoms with Crippen LogP contribution in [0.25, 0.3) is 11.3 Å². The van der Waals surface area contributed by atoms with Gasteiger partial charge in [0.1, 0.15) is 5.82 Å². The van der Waals surface area contributed by atoms with E-state index in [1.165, 1.54) is 20.0 Å². The number of ketones is 1. The van der Waals surface area contributed by atoms with Crippen molar-refractivity contribution in [3.05, 3.63) is 59.9 Å². The number of rotatable bonds is 8. The Labute approximate surface area is 222 Å². The summed E-state index contributed by atoms with van der Waals surface area (Å²) in [4.78, 5) is 48.5. The number of fused-ring (bicyclic) bond motifs is 1. The van der Waals surface area contributed by atoms with Crippen LogP contribution in [0.15, 0.2) is 48.7 Å². The number of aromatic nitrogens is 2. The van der Waals surface area contributed by atoms with E-state index in [-0.39, 0.29) is 23.9 Å². The second-order valence-corrected chi connectivity index (χ2v) is 10.4. The van der Waals surface area contributed by atoms with Gasteiger partial charge in [0, 0.05) is 49.1 Å². The Bertz CT molecular complexity index is 1360. The third kappa shape index (κ3) is 5.32. The molecule has 0 saturated heterocycles. The minimum Gasteiger partial charge on any atom is -0.356 e. The molecule has 1 aromatic carbocycles. The van der Waals surface area contributed by atoms with E-state index in [1.807, 2.05) is 51.1 Å². The van der Waals surface area contributed by atoms with E-state index >= 15 is 0 Å². The number of nitrogens with one attached hydrogen (secondary N) is 3. The summed E-state index contributed by atoms with van der Waals surface area (Å²) in [6, 6.07) is 12.8. The maximum atomic E-state index is 14.1. The Balaban J connectivity index is 1.80. The number of halogens is 1. The first-order valence-corrected chi connectivity index (χ1v) is 12.8. The predicted molar refractivity (Wildman–Crippen MR) is 146 cm³/mol. The standard InChI is InChI=1S/C29H34FN5O3/c1-6-35(7-2)27(38)29(5)16-20-23(21(36)17-29)25(32-19-11-9-8-10-12-19)24(33-20)18-13-14-31-22(15-18)34-26(37)28(3,4)30/h8-15,32-33H,6-7,16-17H2,1-5H3,(H,31,34,37). The molecule has 0 spiro atoms. The smallest absolute Gasteiger partial charge is 0.262 e. The molecule has 1 aliphatic carbocycles. The monoisotopic (exact) mass is 519 g/mol. The minimum atomic E-state index is -2.07. The Morgan fingerprint density at radius 3 is 2.45 bits per heavy atom. The molecule has 9 heteroatoms. The fourth-order valence-electron chi connectivity index (χ4n) is 4.86. The molecule has 3 aromatic rings. The van der Waals surface area contributed by atoms with Gasteiger partial charge in [0.05, 0.1) is 22.4 Å². The summed E-state index contributed by atoms with van der Waals surface area (Å²) in [5.74, 6) is -0.796. The Morgan fingerprint density at radius 2 is 1.82 bits per heavy atom. The fraction of sp³-hybridized carbons (Fsp3) is 0.379. The number of hydrogen-bond donors (Lipinski definition) is 3. The third-order valence-corrected chi connectivity index (χ3v) is 6.91. The molecular formula is C29H34FN5O3. The lowest BCUT2D eigenvalue weighted by Gasteiger charge is -2.35. The van der Waals surface area contributed by atoms with Gasteiger partial charge in [0.2, 0.25) is 5.91 Å². The van der Waals surface area contributed by atoms with Gasteiger partial charge in [-0.1, -0.05) is 18.2 Å². The zero-order chi connectivity index (χ0) is 27.7.